The Bertz CT molecular complexity index is 791. The summed E-state index contributed by atoms with van der Waals surface area (Å²) in [5.74, 6) is 0.0238. The normalized spacial score (nSPS) is 12.5. The average Bonchev–Trinajstić information content (AvgIpc) is 3.13. The van der Waals surface area contributed by atoms with Crippen LogP contribution in [-0.4, -0.2) is 27.4 Å². The van der Waals surface area contributed by atoms with Gasteiger partial charge in [-0.05, 0) is 28.5 Å². The van der Waals surface area contributed by atoms with Gasteiger partial charge in [-0.25, -0.2) is 13.1 Å². The van der Waals surface area contributed by atoms with Crippen LogP contribution >= 0.6 is 23.7 Å². The lowest BCUT2D eigenvalue weighted by Gasteiger charge is -2.15. The van der Waals surface area contributed by atoms with E-state index in [9.17, 15) is 13.2 Å². The monoisotopic (exact) mass is 417 g/mol. The second kappa shape index (κ2) is 10.0. The first-order valence-electron chi connectivity index (χ1n) is 7.95. The van der Waals surface area contributed by atoms with E-state index in [0.29, 0.717) is 5.92 Å². The quantitative estimate of drug-likeness (QED) is 0.613. The van der Waals surface area contributed by atoms with Crippen molar-refractivity contribution in [3.63, 3.8) is 0 Å². The van der Waals surface area contributed by atoms with E-state index in [1.165, 1.54) is 11.6 Å². The Labute approximate surface area is 164 Å². The molecule has 0 spiro atoms. The zero-order valence-corrected chi connectivity index (χ0v) is 17.1. The highest BCUT2D eigenvalue weighted by Crippen LogP contribution is 2.17. The van der Waals surface area contributed by atoms with Gasteiger partial charge in [0.05, 0.1) is 6.54 Å². The lowest BCUT2D eigenvalue weighted by Crippen LogP contribution is -2.39. The third-order valence-corrected chi connectivity index (χ3v) is 6.53. The van der Waals surface area contributed by atoms with Crippen molar-refractivity contribution < 1.29 is 13.2 Å². The molecule has 4 N–H and O–H groups in total. The van der Waals surface area contributed by atoms with Gasteiger partial charge < -0.3 is 11.1 Å². The Morgan fingerprint density at radius 1 is 1.15 bits per heavy atom. The molecular formula is C17H24ClN3O3S2. The van der Waals surface area contributed by atoms with Crippen molar-refractivity contribution in [3.05, 3.63) is 52.9 Å². The maximum Gasteiger partial charge on any atom is 0.250 e. The molecule has 1 atom stereocenters. The van der Waals surface area contributed by atoms with E-state index < -0.39 is 15.9 Å². The van der Waals surface area contributed by atoms with Gasteiger partial charge in [0.1, 0.15) is 4.21 Å². The number of hydrogen-bond acceptors (Lipinski definition) is 5. The van der Waals surface area contributed by atoms with Crippen LogP contribution in [0.2, 0.25) is 0 Å². The molecule has 1 unspecified atom stereocenters. The Kier molecular flexibility index (Phi) is 8.72. The lowest BCUT2D eigenvalue weighted by atomic mass is 9.99. The molecule has 2 rings (SSSR count). The number of halogens is 1. The molecule has 1 heterocycles. The van der Waals surface area contributed by atoms with E-state index in [1.807, 2.05) is 24.3 Å². The van der Waals surface area contributed by atoms with Crippen LogP contribution in [0.5, 0.6) is 0 Å². The largest absolute Gasteiger partial charge is 0.353 e. The van der Waals surface area contributed by atoms with Gasteiger partial charge in [-0.1, -0.05) is 44.2 Å². The Morgan fingerprint density at radius 2 is 1.77 bits per heavy atom. The van der Waals surface area contributed by atoms with Crippen molar-refractivity contribution in [2.24, 2.45) is 5.73 Å². The maximum absolute atomic E-state index is 11.9. The minimum atomic E-state index is -3.64. The molecule has 0 fully saturated rings. The zero-order chi connectivity index (χ0) is 18.4. The third-order valence-electron chi connectivity index (χ3n) is 3.73. The van der Waals surface area contributed by atoms with Crippen molar-refractivity contribution >= 4 is 39.7 Å². The third kappa shape index (κ3) is 6.37. The molecule has 1 amide bonds. The predicted octanol–water partition coefficient (Wildman–Crippen LogP) is 2.39. The summed E-state index contributed by atoms with van der Waals surface area (Å²) in [6.45, 7) is 4.15. The fourth-order valence-corrected chi connectivity index (χ4v) is 4.20. The molecule has 0 radical (unpaired) electrons. The SMILES string of the molecule is CC(C)c1ccc(C(N)CNC(=O)CNS(=O)(=O)c2cccs2)cc1.Cl. The van der Waals surface area contributed by atoms with Crippen LogP contribution in [0.15, 0.2) is 46.0 Å². The second-order valence-corrected chi connectivity index (χ2v) is 8.93. The van der Waals surface area contributed by atoms with Gasteiger partial charge >= 0.3 is 0 Å². The molecule has 1 aromatic carbocycles. The van der Waals surface area contributed by atoms with Gasteiger partial charge in [-0.15, -0.1) is 23.7 Å². The van der Waals surface area contributed by atoms with Gasteiger partial charge in [0.25, 0.3) is 10.0 Å². The number of nitrogens with one attached hydrogen (secondary N) is 2. The van der Waals surface area contributed by atoms with E-state index in [2.05, 4.69) is 23.9 Å². The van der Waals surface area contributed by atoms with E-state index in [1.54, 1.807) is 11.4 Å². The summed E-state index contributed by atoms with van der Waals surface area (Å²) in [5.41, 5.74) is 8.22. The molecule has 0 aliphatic carbocycles. The van der Waals surface area contributed by atoms with Crippen LogP contribution in [0.25, 0.3) is 0 Å². The number of sulfonamides is 1. The van der Waals surface area contributed by atoms with E-state index in [-0.39, 0.29) is 35.7 Å². The van der Waals surface area contributed by atoms with Gasteiger partial charge in [0.15, 0.2) is 0 Å². The standard InChI is InChI=1S/C17H23N3O3S2.ClH/c1-12(2)13-5-7-14(8-6-13)15(18)10-19-16(21)11-20-25(22,23)17-4-3-9-24-17;/h3-9,12,15,20H,10-11,18H2,1-2H3,(H,19,21);1H. The minimum absolute atomic E-state index is 0. The molecule has 1 aromatic heterocycles. The fraction of sp³-hybridized carbons (Fsp3) is 0.353. The van der Waals surface area contributed by atoms with Crippen LogP contribution < -0.4 is 15.8 Å². The van der Waals surface area contributed by atoms with E-state index in [0.717, 1.165) is 16.9 Å². The molecule has 0 aliphatic heterocycles. The summed E-state index contributed by atoms with van der Waals surface area (Å²) >= 11 is 1.10. The summed E-state index contributed by atoms with van der Waals surface area (Å²) in [6, 6.07) is 10.7. The highest BCUT2D eigenvalue weighted by molar-refractivity contribution is 7.91. The first-order valence-corrected chi connectivity index (χ1v) is 10.3. The molecule has 0 bridgehead atoms. The molecule has 26 heavy (non-hydrogen) atoms. The second-order valence-electron chi connectivity index (χ2n) is 5.99. The zero-order valence-electron chi connectivity index (χ0n) is 14.6. The number of carbonyl (C=O) groups excluding carboxylic acids is 1. The number of hydrogen-bond donors (Lipinski definition) is 3. The highest BCUT2D eigenvalue weighted by Gasteiger charge is 2.16. The van der Waals surface area contributed by atoms with Gasteiger partial charge in [0.2, 0.25) is 5.91 Å². The molecule has 9 heteroatoms. The van der Waals surface area contributed by atoms with Crippen LogP contribution in [0, 0.1) is 0 Å². The van der Waals surface area contributed by atoms with Crippen LogP contribution in [0.3, 0.4) is 0 Å². The summed E-state index contributed by atoms with van der Waals surface area (Å²) in [5, 5.41) is 4.31. The summed E-state index contributed by atoms with van der Waals surface area (Å²) in [7, 11) is -3.64. The van der Waals surface area contributed by atoms with Crippen molar-refractivity contribution in [3.8, 4) is 0 Å². The highest BCUT2D eigenvalue weighted by atomic mass is 35.5. The predicted molar refractivity (Wildman–Crippen MR) is 107 cm³/mol. The van der Waals surface area contributed by atoms with Gasteiger partial charge in [-0.3, -0.25) is 4.79 Å². The summed E-state index contributed by atoms with van der Waals surface area (Å²) in [6.07, 6.45) is 0. The minimum Gasteiger partial charge on any atom is -0.353 e. The molecule has 6 nitrogen and oxygen atoms in total. The number of amides is 1. The van der Waals surface area contributed by atoms with E-state index >= 15 is 0 Å². The first-order chi connectivity index (χ1) is 11.8. The fourth-order valence-electron chi connectivity index (χ4n) is 2.18. The summed E-state index contributed by atoms with van der Waals surface area (Å²) < 4.78 is 26.3. The van der Waals surface area contributed by atoms with E-state index in [4.69, 9.17) is 5.73 Å². The Balaban J connectivity index is 0.00000338. The number of benzene rings is 1. The molecular weight excluding hydrogens is 394 g/mol. The van der Waals surface area contributed by atoms with Crippen molar-refractivity contribution in [1.29, 1.82) is 0 Å². The molecule has 0 saturated carbocycles. The number of thiophene rings is 1. The maximum atomic E-state index is 11.9. The van der Waals surface area contributed by atoms with Crippen LogP contribution in [0.1, 0.15) is 36.9 Å². The molecule has 0 aliphatic rings. The van der Waals surface area contributed by atoms with Crippen molar-refractivity contribution in [1.82, 2.24) is 10.0 Å². The van der Waals surface area contributed by atoms with Crippen LogP contribution in [0.4, 0.5) is 0 Å². The van der Waals surface area contributed by atoms with Crippen LogP contribution in [-0.2, 0) is 14.8 Å². The average molecular weight is 418 g/mol. The Morgan fingerprint density at radius 3 is 2.31 bits per heavy atom. The topological polar surface area (TPSA) is 101 Å². The van der Waals surface area contributed by atoms with Gasteiger partial charge in [-0.2, -0.15) is 0 Å². The number of rotatable bonds is 8. The summed E-state index contributed by atoms with van der Waals surface area (Å²) in [4.78, 5) is 11.8. The lowest BCUT2D eigenvalue weighted by molar-refractivity contribution is -0.120. The van der Waals surface area contributed by atoms with Gasteiger partial charge in [0, 0.05) is 12.6 Å². The molecule has 0 saturated heterocycles. The van der Waals surface area contributed by atoms with Crippen molar-refractivity contribution in [2.45, 2.75) is 30.0 Å². The Hall–Kier alpha value is -1.45. The van der Waals surface area contributed by atoms with Crippen molar-refractivity contribution in [2.75, 3.05) is 13.1 Å². The number of carbonyl (C=O) groups is 1. The first kappa shape index (κ1) is 22.6. The smallest absolute Gasteiger partial charge is 0.250 e. The molecule has 144 valence electrons. The molecule has 2 aromatic rings. The number of nitrogens with two attached hydrogens (primary N) is 1.